The third-order valence-electron chi connectivity index (χ3n) is 2.08. The lowest BCUT2D eigenvalue weighted by Crippen LogP contribution is -2.21. The van der Waals surface area contributed by atoms with Crippen molar-refractivity contribution >= 4 is 5.78 Å². The number of nitrogens with zero attached hydrogens (tertiary/aromatic N) is 2. The van der Waals surface area contributed by atoms with Crippen molar-refractivity contribution in [3.05, 3.63) is 11.9 Å². The lowest BCUT2D eigenvalue weighted by Gasteiger charge is -2.10. The van der Waals surface area contributed by atoms with E-state index >= 15 is 0 Å². The highest BCUT2D eigenvalue weighted by atomic mass is 16.5. The maximum atomic E-state index is 11.8. The highest BCUT2D eigenvalue weighted by Gasteiger charge is 2.22. The fourth-order valence-corrected chi connectivity index (χ4v) is 1.07. The van der Waals surface area contributed by atoms with Gasteiger partial charge in [0, 0.05) is 7.11 Å². The van der Waals surface area contributed by atoms with E-state index in [2.05, 4.69) is 9.97 Å². The average molecular weight is 226 g/mol. The molecule has 1 atom stereocenters. The van der Waals surface area contributed by atoms with Crippen LogP contribution in [0.25, 0.3) is 0 Å². The summed E-state index contributed by atoms with van der Waals surface area (Å²) in [5.74, 6) is 0.140. The van der Waals surface area contributed by atoms with Crippen molar-refractivity contribution in [1.82, 2.24) is 9.97 Å². The second kappa shape index (κ2) is 5.41. The number of ether oxygens (including phenoxy) is 3. The van der Waals surface area contributed by atoms with E-state index in [0.717, 1.165) is 0 Å². The van der Waals surface area contributed by atoms with Gasteiger partial charge in [-0.15, -0.1) is 0 Å². The standard InChI is InChI=1S/C10H14N2O4/c1-6(14-2)9(13)8-10(16-4)12-7(15-3)5-11-8/h5-6H,1-4H3. The molecule has 0 aromatic carbocycles. The van der Waals surface area contributed by atoms with Crippen molar-refractivity contribution in [1.29, 1.82) is 0 Å². The van der Waals surface area contributed by atoms with E-state index in [1.54, 1.807) is 6.92 Å². The second-order valence-electron chi connectivity index (χ2n) is 3.01. The van der Waals surface area contributed by atoms with Gasteiger partial charge in [-0.25, -0.2) is 4.98 Å². The number of hydrogen-bond donors (Lipinski definition) is 0. The molecular weight excluding hydrogens is 212 g/mol. The molecule has 0 bridgehead atoms. The Kier molecular flexibility index (Phi) is 4.19. The van der Waals surface area contributed by atoms with E-state index < -0.39 is 6.10 Å². The molecule has 6 nitrogen and oxygen atoms in total. The predicted octanol–water partition coefficient (Wildman–Crippen LogP) is 0.711. The average Bonchev–Trinajstić information content (AvgIpc) is 2.35. The first-order valence-electron chi connectivity index (χ1n) is 4.66. The van der Waals surface area contributed by atoms with Gasteiger partial charge in [0.25, 0.3) is 0 Å². The molecule has 1 rings (SSSR count). The van der Waals surface area contributed by atoms with Crippen molar-refractivity contribution in [2.24, 2.45) is 0 Å². The van der Waals surface area contributed by atoms with Crippen LogP contribution in [-0.2, 0) is 4.74 Å². The highest BCUT2D eigenvalue weighted by Crippen LogP contribution is 2.18. The summed E-state index contributed by atoms with van der Waals surface area (Å²) in [6.45, 7) is 1.63. The quantitative estimate of drug-likeness (QED) is 0.689. The number of Topliss-reactive ketones (excluding diaryl/α,β-unsaturated/α-hetero) is 1. The number of carbonyl (C=O) groups excluding carboxylic acids is 1. The minimum Gasteiger partial charge on any atom is -0.480 e. The lowest BCUT2D eigenvalue weighted by molar-refractivity contribution is 0.0646. The molecule has 88 valence electrons. The highest BCUT2D eigenvalue weighted by molar-refractivity contribution is 5.99. The second-order valence-corrected chi connectivity index (χ2v) is 3.01. The van der Waals surface area contributed by atoms with Crippen LogP contribution in [0.2, 0.25) is 0 Å². The van der Waals surface area contributed by atoms with Crippen molar-refractivity contribution in [3.63, 3.8) is 0 Å². The predicted molar refractivity (Wildman–Crippen MR) is 55.9 cm³/mol. The Labute approximate surface area is 93.6 Å². The molecule has 0 saturated heterocycles. The number of methoxy groups -OCH3 is 3. The summed E-state index contributed by atoms with van der Waals surface area (Å²) in [7, 11) is 4.33. The fourth-order valence-electron chi connectivity index (χ4n) is 1.07. The monoisotopic (exact) mass is 226 g/mol. The van der Waals surface area contributed by atoms with Gasteiger partial charge in [0.05, 0.1) is 20.4 Å². The van der Waals surface area contributed by atoms with Crippen molar-refractivity contribution in [2.45, 2.75) is 13.0 Å². The molecule has 16 heavy (non-hydrogen) atoms. The normalized spacial score (nSPS) is 12.0. The Morgan fingerprint density at radius 3 is 2.50 bits per heavy atom. The minimum atomic E-state index is -0.586. The summed E-state index contributed by atoms with van der Waals surface area (Å²) >= 11 is 0. The minimum absolute atomic E-state index is 0.133. The molecule has 0 fully saturated rings. The molecule has 1 heterocycles. The molecule has 0 saturated carbocycles. The molecule has 0 spiro atoms. The molecule has 0 N–H and O–H groups in total. The molecule has 1 aromatic heterocycles. The van der Waals surface area contributed by atoms with Gasteiger partial charge < -0.3 is 14.2 Å². The van der Waals surface area contributed by atoms with E-state index in [0.29, 0.717) is 5.88 Å². The number of hydrogen-bond acceptors (Lipinski definition) is 6. The zero-order valence-corrected chi connectivity index (χ0v) is 9.68. The van der Waals surface area contributed by atoms with Gasteiger partial charge in [0.1, 0.15) is 6.10 Å². The van der Waals surface area contributed by atoms with Crippen LogP contribution in [0.1, 0.15) is 17.4 Å². The molecular formula is C10H14N2O4. The smallest absolute Gasteiger partial charge is 0.246 e. The molecule has 6 heteroatoms. The van der Waals surface area contributed by atoms with Gasteiger partial charge in [-0.2, -0.15) is 4.98 Å². The van der Waals surface area contributed by atoms with Gasteiger partial charge >= 0.3 is 0 Å². The summed E-state index contributed by atoms with van der Waals surface area (Å²) in [4.78, 5) is 19.7. The number of carbonyl (C=O) groups is 1. The summed E-state index contributed by atoms with van der Waals surface area (Å²) in [5.41, 5.74) is 0.137. The van der Waals surface area contributed by atoms with Crippen molar-refractivity contribution in [3.8, 4) is 11.8 Å². The van der Waals surface area contributed by atoms with E-state index in [1.807, 2.05) is 0 Å². The maximum Gasteiger partial charge on any atom is 0.246 e. The van der Waals surface area contributed by atoms with E-state index in [9.17, 15) is 4.79 Å². The van der Waals surface area contributed by atoms with Crippen LogP contribution in [0.4, 0.5) is 0 Å². The summed E-state index contributed by atoms with van der Waals surface area (Å²) in [5, 5.41) is 0. The van der Waals surface area contributed by atoms with Crippen LogP contribution in [0.3, 0.4) is 0 Å². The topological polar surface area (TPSA) is 70.5 Å². The number of aromatic nitrogens is 2. The van der Waals surface area contributed by atoms with Crippen molar-refractivity contribution < 1.29 is 19.0 Å². The summed E-state index contributed by atoms with van der Waals surface area (Å²) < 4.78 is 14.8. The molecule has 1 aromatic rings. The Hall–Kier alpha value is -1.69. The largest absolute Gasteiger partial charge is 0.480 e. The molecule has 1 unspecified atom stereocenters. The third kappa shape index (κ3) is 2.46. The van der Waals surface area contributed by atoms with Gasteiger partial charge in [0.2, 0.25) is 17.5 Å². The van der Waals surface area contributed by atoms with Crippen LogP contribution < -0.4 is 9.47 Å². The van der Waals surface area contributed by atoms with Gasteiger partial charge in [0.15, 0.2) is 5.69 Å². The summed E-state index contributed by atoms with van der Waals surface area (Å²) in [6.07, 6.45) is 0.773. The van der Waals surface area contributed by atoms with Gasteiger partial charge in [-0.1, -0.05) is 0 Å². The van der Waals surface area contributed by atoms with Crippen molar-refractivity contribution in [2.75, 3.05) is 21.3 Å². The number of rotatable bonds is 5. The Morgan fingerprint density at radius 1 is 1.31 bits per heavy atom. The maximum absolute atomic E-state index is 11.8. The van der Waals surface area contributed by atoms with E-state index in [-0.39, 0.29) is 17.4 Å². The Morgan fingerprint density at radius 2 is 2.00 bits per heavy atom. The van der Waals surface area contributed by atoms with Gasteiger partial charge in [-0.3, -0.25) is 4.79 Å². The zero-order valence-electron chi connectivity index (χ0n) is 9.68. The van der Waals surface area contributed by atoms with Gasteiger partial charge in [-0.05, 0) is 6.92 Å². The third-order valence-corrected chi connectivity index (χ3v) is 2.08. The van der Waals surface area contributed by atoms with E-state index in [4.69, 9.17) is 14.2 Å². The first-order valence-corrected chi connectivity index (χ1v) is 4.66. The zero-order chi connectivity index (χ0) is 12.1. The Bertz CT molecular complexity index is 381. The van der Waals surface area contributed by atoms with Crippen LogP contribution in [0, 0.1) is 0 Å². The molecule has 0 aliphatic carbocycles. The van der Waals surface area contributed by atoms with Crippen LogP contribution >= 0.6 is 0 Å². The first kappa shape index (κ1) is 12.4. The SMILES string of the molecule is COc1cnc(C(=O)C(C)OC)c(OC)n1. The molecule has 0 radical (unpaired) electrons. The summed E-state index contributed by atoms with van der Waals surface area (Å²) in [6, 6.07) is 0. The van der Waals surface area contributed by atoms with Crippen LogP contribution in [0.5, 0.6) is 11.8 Å². The molecule has 0 aliphatic heterocycles. The molecule has 0 amide bonds. The first-order chi connectivity index (χ1) is 7.63. The van der Waals surface area contributed by atoms with Crippen LogP contribution in [-0.4, -0.2) is 43.2 Å². The lowest BCUT2D eigenvalue weighted by atomic mass is 10.2. The molecule has 0 aliphatic rings. The van der Waals surface area contributed by atoms with Crippen LogP contribution in [0.15, 0.2) is 6.20 Å². The van der Waals surface area contributed by atoms with E-state index in [1.165, 1.54) is 27.5 Å². The number of ketones is 1. The fraction of sp³-hybridized carbons (Fsp3) is 0.500. The Balaban J connectivity index is 3.08.